The van der Waals surface area contributed by atoms with Gasteiger partial charge in [0.25, 0.3) is 0 Å². The standard InChI is InChI=1S/C21H24ClFN6O/c1-27(2)18(20-12(22)5-4-6-13(20)23)10-28-15-7-14(24)19(30-3)8-16(15)29-11-26-9-17(29)21(28)25/h4-9,11,18,21H,10,24-25H2,1-3H3. The monoisotopic (exact) mass is 430 g/mol. The van der Waals surface area contributed by atoms with Gasteiger partial charge in [-0.1, -0.05) is 17.7 Å². The number of nitrogen functional groups attached to an aromatic ring is 1. The number of methoxy groups -OCH3 is 1. The van der Waals surface area contributed by atoms with Gasteiger partial charge in [0.15, 0.2) is 0 Å². The first-order valence-corrected chi connectivity index (χ1v) is 9.84. The van der Waals surface area contributed by atoms with E-state index < -0.39 is 6.17 Å². The van der Waals surface area contributed by atoms with Gasteiger partial charge in [-0.15, -0.1) is 0 Å². The summed E-state index contributed by atoms with van der Waals surface area (Å²) in [5.74, 6) is 0.205. The number of nitrogens with zero attached hydrogens (tertiary/aromatic N) is 4. The van der Waals surface area contributed by atoms with Crippen molar-refractivity contribution in [2.24, 2.45) is 5.73 Å². The molecule has 0 spiro atoms. The Labute approximate surface area is 179 Å². The summed E-state index contributed by atoms with van der Waals surface area (Å²) in [5.41, 5.74) is 16.2. The minimum absolute atomic E-state index is 0.351. The van der Waals surface area contributed by atoms with Crippen LogP contribution in [-0.2, 0) is 0 Å². The van der Waals surface area contributed by atoms with E-state index in [0.717, 1.165) is 17.1 Å². The number of fused-ring (bicyclic) bond motifs is 3. The molecule has 2 heterocycles. The second kappa shape index (κ2) is 7.79. The van der Waals surface area contributed by atoms with Crippen LogP contribution < -0.4 is 21.1 Å². The molecule has 1 aliphatic heterocycles. The molecule has 158 valence electrons. The van der Waals surface area contributed by atoms with Gasteiger partial charge in [-0.2, -0.15) is 0 Å². The second-order valence-corrected chi connectivity index (χ2v) is 7.89. The number of rotatable bonds is 5. The highest BCUT2D eigenvalue weighted by atomic mass is 35.5. The predicted octanol–water partition coefficient (Wildman–Crippen LogP) is 3.34. The first-order chi connectivity index (χ1) is 14.3. The van der Waals surface area contributed by atoms with Crippen molar-refractivity contribution in [3.8, 4) is 11.4 Å². The maximum atomic E-state index is 14.7. The summed E-state index contributed by atoms with van der Waals surface area (Å²) < 4.78 is 22.1. The molecule has 0 saturated carbocycles. The molecule has 1 aliphatic rings. The summed E-state index contributed by atoms with van der Waals surface area (Å²) >= 11 is 6.38. The molecule has 0 aliphatic carbocycles. The molecule has 3 aromatic rings. The lowest BCUT2D eigenvalue weighted by Crippen LogP contribution is -2.44. The van der Waals surface area contributed by atoms with Crippen LogP contribution in [0.15, 0.2) is 42.9 Å². The molecule has 1 aromatic heterocycles. The molecule has 0 saturated heterocycles. The molecule has 2 unspecified atom stereocenters. The summed E-state index contributed by atoms with van der Waals surface area (Å²) in [4.78, 5) is 8.18. The van der Waals surface area contributed by atoms with E-state index in [1.807, 2.05) is 40.6 Å². The highest BCUT2D eigenvalue weighted by molar-refractivity contribution is 6.31. The van der Waals surface area contributed by atoms with Crippen LogP contribution in [0.25, 0.3) is 5.69 Å². The number of hydrogen-bond acceptors (Lipinski definition) is 6. The van der Waals surface area contributed by atoms with Gasteiger partial charge in [0.05, 0.1) is 48.4 Å². The molecule has 0 bridgehead atoms. The highest BCUT2D eigenvalue weighted by Crippen LogP contribution is 2.42. The maximum Gasteiger partial charge on any atom is 0.143 e. The molecular weight excluding hydrogens is 407 g/mol. The average molecular weight is 431 g/mol. The summed E-state index contributed by atoms with van der Waals surface area (Å²) in [6.07, 6.45) is 2.93. The SMILES string of the molecule is COc1cc2c(cc1N)N(CC(c1c(F)cccc1Cl)N(C)C)C(N)c1cncn1-2. The van der Waals surface area contributed by atoms with Gasteiger partial charge in [-0.05, 0) is 32.3 Å². The fourth-order valence-electron chi connectivity index (χ4n) is 3.95. The molecule has 30 heavy (non-hydrogen) atoms. The van der Waals surface area contributed by atoms with Crippen molar-refractivity contribution in [2.45, 2.75) is 12.2 Å². The van der Waals surface area contributed by atoms with Crippen molar-refractivity contribution in [3.05, 3.63) is 65.0 Å². The van der Waals surface area contributed by atoms with Crippen LogP contribution in [0.5, 0.6) is 5.75 Å². The van der Waals surface area contributed by atoms with Crippen molar-refractivity contribution in [3.63, 3.8) is 0 Å². The third-order valence-electron chi connectivity index (χ3n) is 5.53. The first-order valence-electron chi connectivity index (χ1n) is 9.46. The largest absolute Gasteiger partial charge is 0.495 e. The Kier molecular flexibility index (Phi) is 5.31. The quantitative estimate of drug-likeness (QED) is 0.604. The fraction of sp³-hybridized carbons (Fsp3) is 0.286. The average Bonchev–Trinajstić information content (AvgIpc) is 3.19. The second-order valence-electron chi connectivity index (χ2n) is 7.48. The lowest BCUT2D eigenvalue weighted by atomic mass is 10.0. The van der Waals surface area contributed by atoms with E-state index in [4.69, 9.17) is 27.8 Å². The zero-order valence-corrected chi connectivity index (χ0v) is 17.8. The third-order valence-corrected chi connectivity index (χ3v) is 5.86. The van der Waals surface area contributed by atoms with Gasteiger partial charge in [0, 0.05) is 23.2 Å². The van der Waals surface area contributed by atoms with Crippen LogP contribution in [-0.4, -0.2) is 42.2 Å². The molecule has 0 amide bonds. The Balaban J connectivity index is 1.84. The van der Waals surface area contributed by atoms with Crippen molar-refractivity contribution >= 4 is 23.0 Å². The van der Waals surface area contributed by atoms with E-state index in [0.29, 0.717) is 28.6 Å². The Bertz CT molecular complexity index is 1070. The van der Waals surface area contributed by atoms with Crippen LogP contribution in [0.2, 0.25) is 5.02 Å². The van der Waals surface area contributed by atoms with Crippen LogP contribution in [0.4, 0.5) is 15.8 Å². The Morgan fingerprint density at radius 1 is 1.30 bits per heavy atom. The number of ether oxygens (including phenoxy) is 1. The summed E-state index contributed by atoms with van der Waals surface area (Å²) in [6, 6.07) is 8.04. The zero-order chi connectivity index (χ0) is 21.6. The number of aromatic nitrogens is 2. The summed E-state index contributed by atoms with van der Waals surface area (Å²) in [7, 11) is 5.34. The van der Waals surface area contributed by atoms with Crippen molar-refractivity contribution in [1.82, 2.24) is 14.5 Å². The van der Waals surface area contributed by atoms with Crippen molar-refractivity contribution in [1.29, 1.82) is 0 Å². The van der Waals surface area contributed by atoms with E-state index in [1.54, 1.807) is 31.8 Å². The zero-order valence-electron chi connectivity index (χ0n) is 17.0. The van der Waals surface area contributed by atoms with Crippen LogP contribution in [0.1, 0.15) is 23.5 Å². The Morgan fingerprint density at radius 3 is 2.73 bits per heavy atom. The molecule has 0 radical (unpaired) electrons. The molecule has 2 aromatic carbocycles. The lowest BCUT2D eigenvalue weighted by molar-refractivity contribution is 0.287. The van der Waals surface area contributed by atoms with Crippen LogP contribution >= 0.6 is 11.6 Å². The maximum absolute atomic E-state index is 14.7. The summed E-state index contributed by atoms with van der Waals surface area (Å²) in [5, 5.41) is 0.374. The van der Waals surface area contributed by atoms with Crippen molar-refractivity contribution in [2.75, 3.05) is 38.4 Å². The summed E-state index contributed by atoms with van der Waals surface area (Å²) in [6.45, 7) is 0.388. The number of nitrogens with two attached hydrogens (primary N) is 2. The van der Waals surface area contributed by atoms with Gasteiger partial charge < -0.3 is 26.0 Å². The minimum Gasteiger partial charge on any atom is -0.495 e. The molecule has 9 heteroatoms. The molecular formula is C21H24ClFN6O. The molecule has 0 fully saturated rings. The number of benzene rings is 2. The first kappa shape index (κ1) is 20.5. The minimum atomic E-state index is -0.499. The molecule has 4 rings (SSSR count). The highest BCUT2D eigenvalue weighted by Gasteiger charge is 2.33. The van der Waals surface area contributed by atoms with Gasteiger partial charge in [0.2, 0.25) is 0 Å². The van der Waals surface area contributed by atoms with Gasteiger partial charge in [0.1, 0.15) is 17.7 Å². The fourth-order valence-corrected chi connectivity index (χ4v) is 4.24. The van der Waals surface area contributed by atoms with Gasteiger partial charge >= 0.3 is 0 Å². The third kappa shape index (κ3) is 3.27. The molecule has 4 N–H and O–H groups in total. The van der Waals surface area contributed by atoms with Crippen molar-refractivity contribution < 1.29 is 9.13 Å². The lowest BCUT2D eigenvalue weighted by Gasteiger charge is -2.41. The van der Waals surface area contributed by atoms with Gasteiger partial charge in [-0.3, -0.25) is 4.57 Å². The van der Waals surface area contributed by atoms with E-state index in [1.165, 1.54) is 6.07 Å². The van der Waals surface area contributed by atoms with E-state index >= 15 is 0 Å². The predicted molar refractivity (Wildman–Crippen MR) is 117 cm³/mol. The Morgan fingerprint density at radius 2 is 2.07 bits per heavy atom. The van der Waals surface area contributed by atoms with E-state index in [-0.39, 0.29) is 11.9 Å². The number of imidazole rings is 1. The van der Waals surface area contributed by atoms with Crippen LogP contribution in [0, 0.1) is 5.82 Å². The number of halogens is 2. The number of likely N-dealkylation sites (N-methyl/N-ethyl adjacent to an activating group) is 1. The normalized spacial score (nSPS) is 16.4. The molecule has 7 nitrogen and oxygen atoms in total. The topological polar surface area (TPSA) is 85.6 Å². The van der Waals surface area contributed by atoms with E-state index in [2.05, 4.69) is 4.98 Å². The van der Waals surface area contributed by atoms with Crippen LogP contribution in [0.3, 0.4) is 0 Å². The molecule has 2 atom stereocenters. The number of hydrogen-bond donors (Lipinski definition) is 2. The number of anilines is 2. The van der Waals surface area contributed by atoms with E-state index in [9.17, 15) is 4.39 Å². The Hall–Kier alpha value is -2.81. The van der Waals surface area contributed by atoms with Gasteiger partial charge in [-0.25, -0.2) is 9.37 Å². The smallest absolute Gasteiger partial charge is 0.143 e.